The summed E-state index contributed by atoms with van der Waals surface area (Å²) in [7, 11) is -3.41. The van der Waals surface area contributed by atoms with E-state index in [2.05, 4.69) is 15.5 Å². The van der Waals surface area contributed by atoms with Crippen molar-refractivity contribution < 1.29 is 18.3 Å². The smallest absolute Gasteiger partial charge is 0.259 e. The average Bonchev–Trinajstić information content (AvgIpc) is 3.38. The molecule has 0 bridgehead atoms. The molecule has 2 saturated carbocycles. The van der Waals surface area contributed by atoms with E-state index in [9.17, 15) is 18.3 Å². The highest BCUT2D eigenvalue weighted by molar-refractivity contribution is 7.92. The van der Waals surface area contributed by atoms with E-state index in [4.69, 9.17) is 4.98 Å². The van der Waals surface area contributed by atoms with Crippen LogP contribution in [0.1, 0.15) is 68.6 Å². The number of nitrogens with zero attached hydrogens (tertiary/aromatic N) is 2. The van der Waals surface area contributed by atoms with E-state index in [0.29, 0.717) is 41.1 Å². The van der Waals surface area contributed by atoms with E-state index in [1.807, 2.05) is 6.92 Å². The molecule has 9 heteroatoms. The number of rotatable bonds is 8. The first-order valence-corrected chi connectivity index (χ1v) is 14.6. The molecule has 0 radical (unpaired) electrons. The third-order valence-electron chi connectivity index (χ3n) is 8.03. The molecule has 3 aliphatic rings. The van der Waals surface area contributed by atoms with E-state index in [0.717, 1.165) is 38.8 Å². The standard InChI is InChI=1S/C27H36N4O4S/c1-19(18-32)28-24-10-9-23(25(30-24)31-15-13-27(11-12-27)14-16-31)26(33)29-20-5-4-8-22(17-20)36(34,35)21-6-2-3-7-21/h4-5,8-10,17,19,21,32H,2-3,6-7,11-16,18H2,1H3,(H,28,30)(H,29,33)/t19-/m1/s1. The van der Waals surface area contributed by atoms with Crippen molar-refractivity contribution >= 4 is 33.1 Å². The van der Waals surface area contributed by atoms with Crippen LogP contribution in [-0.2, 0) is 9.84 Å². The number of aliphatic hydroxyl groups is 1. The van der Waals surface area contributed by atoms with Crippen LogP contribution in [0.15, 0.2) is 41.3 Å². The Morgan fingerprint density at radius 1 is 1.14 bits per heavy atom. The molecule has 1 spiro atoms. The highest BCUT2D eigenvalue weighted by atomic mass is 32.2. The molecule has 3 fully saturated rings. The first kappa shape index (κ1) is 25.0. The Kier molecular flexibility index (Phi) is 6.96. The second-order valence-corrected chi connectivity index (χ2v) is 12.9. The van der Waals surface area contributed by atoms with Gasteiger partial charge in [-0.15, -0.1) is 0 Å². The number of aliphatic hydroxyl groups excluding tert-OH is 1. The summed E-state index contributed by atoms with van der Waals surface area (Å²) in [5, 5.41) is 15.2. The topological polar surface area (TPSA) is 112 Å². The minimum Gasteiger partial charge on any atom is -0.394 e. The second kappa shape index (κ2) is 10.0. The molecule has 5 rings (SSSR count). The zero-order valence-corrected chi connectivity index (χ0v) is 21.7. The third kappa shape index (κ3) is 5.22. The van der Waals surface area contributed by atoms with Crippen LogP contribution in [0, 0.1) is 5.41 Å². The number of amides is 1. The number of hydrogen-bond acceptors (Lipinski definition) is 7. The Hall–Kier alpha value is -2.65. The maximum atomic E-state index is 13.4. The van der Waals surface area contributed by atoms with Crippen molar-refractivity contribution in [3.63, 3.8) is 0 Å². The number of sulfone groups is 1. The zero-order valence-electron chi connectivity index (χ0n) is 20.9. The van der Waals surface area contributed by atoms with E-state index in [1.165, 1.54) is 12.8 Å². The molecule has 36 heavy (non-hydrogen) atoms. The van der Waals surface area contributed by atoms with Crippen LogP contribution in [0.3, 0.4) is 0 Å². The number of nitrogens with one attached hydrogen (secondary N) is 2. The van der Waals surface area contributed by atoms with Gasteiger partial charge in [0.1, 0.15) is 11.6 Å². The molecule has 1 atom stereocenters. The quantitative estimate of drug-likeness (QED) is 0.485. The monoisotopic (exact) mass is 512 g/mol. The number of carbonyl (C=O) groups is 1. The molecular weight excluding hydrogens is 476 g/mol. The molecule has 1 aromatic heterocycles. The fourth-order valence-electron chi connectivity index (χ4n) is 5.46. The van der Waals surface area contributed by atoms with E-state index in [1.54, 1.807) is 36.4 Å². The van der Waals surface area contributed by atoms with Crippen LogP contribution in [0.4, 0.5) is 17.3 Å². The van der Waals surface area contributed by atoms with Gasteiger partial charge in [-0.05, 0) is 81.2 Å². The van der Waals surface area contributed by atoms with Gasteiger partial charge < -0.3 is 20.6 Å². The van der Waals surface area contributed by atoms with E-state index < -0.39 is 9.84 Å². The van der Waals surface area contributed by atoms with Crippen LogP contribution in [0.2, 0.25) is 0 Å². The van der Waals surface area contributed by atoms with Crippen LogP contribution < -0.4 is 15.5 Å². The largest absolute Gasteiger partial charge is 0.394 e. The molecule has 8 nitrogen and oxygen atoms in total. The SMILES string of the molecule is C[C@H](CO)Nc1ccc(C(=O)Nc2cccc(S(=O)(=O)C3CCCC3)c2)c(N2CCC3(CC2)CC3)n1. The van der Waals surface area contributed by atoms with Gasteiger partial charge in [0.2, 0.25) is 0 Å². The summed E-state index contributed by atoms with van der Waals surface area (Å²) in [4.78, 5) is 20.6. The molecule has 0 unspecified atom stereocenters. The summed E-state index contributed by atoms with van der Waals surface area (Å²) in [5.74, 6) is 0.911. The number of pyridine rings is 1. The van der Waals surface area contributed by atoms with Crippen LogP contribution in [-0.4, -0.2) is 55.4 Å². The number of benzene rings is 1. The predicted octanol–water partition coefficient (Wildman–Crippen LogP) is 4.22. The van der Waals surface area contributed by atoms with E-state index in [-0.39, 0.29) is 28.7 Å². The minimum absolute atomic E-state index is 0.0222. The van der Waals surface area contributed by atoms with Crippen molar-refractivity contribution in [2.24, 2.45) is 5.41 Å². The van der Waals surface area contributed by atoms with Crippen molar-refractivity contribution in [3.8, 4) is 0 Å². The highest BCUT2D eigenvalue weighted by Crippen LogP contribution is 2.54. The molecule has 1 amide bonds. The van der Waals surface area contributed by atoms with Crippen molar-refractivity contribution in [1.82, 2.24) is 4.98 Å². The Morgan fingerprint density at radius 3 is 2.53 bits per heavy atom. The molecule has 194 valence electrons. The van der Waals surface area contributed by atoms with Gasteiger partial charge in [0.15, 0.2) is 9.84 Å². The van der Waals surface area contributed by atoms with Crippen LogP contribution in [0.25, 0.3) is 0 Å². The maximum Gasteiger partial charge on any atom is 0.259 e. The van der Waals surface area contributed by atoms with Gasteiger partial charge in [-0.25, -0.2) is 13.4 Å². The summed E-state index contributed by atoms with van der Waals surface area (Å²) >= 11 is 0. The number of carbonyl (C=O) groups excluding carboxylic acids is 1. The summed E-state index contributed by atoms with van der Waals surface area (Å²) in [6.45, 7) is 3.54. The number of anilines is 3. The lowest BCUT2D eigenvalue weighted by Gasteiger charge is -2.34. The third-order valence-corrected chi connectivity index (χ3v) is 10.3. The van der Waals surface area contributed by atoms with Gasteiger partial charge in [-0.1, -0.05) is 18.9 Å². The number of piperidine rings is 1. The van der Waals surface area contributed by atoms with Gasteiger partial charge >= 0.3 is 0 Å². The highest BCUT2D eigenvalue weighted by Gasteiger charge is 2.45. The predicted molar refractivity (Wildman–Crippen MR) is 141 cm³/mol. The van der Waals surface area contributed by atoms with Gasteiger partial charge in [-0.2, -0.15) is 0 Å². The van der Waals surface area contributed by atoms with Gasteiger partial charge in [0.25, 0.3) is 5.91 Å². The van der Waals surface area contributed by atoms with Crippen molar-refractivity contribution in [2.45, 2.75) is 74.5 Å². The van der Waals surface area contributed by atoms with Crippen LogP contribution >= 0.6 is 0 Å². The van der Waals surface area contributed by atoms with Gasteiger partial charge in [0.05, 0.1) is 22.3 Å². The summed E-state index contributed by atoms with van der Waals surface area (Å²) in [6.07, 6.45) is 8.05. The molecule has 2 aromatic rings. The Morgan fingerprint density at radius 2 is 1.86 bits per heavy atom. The average molecular weight is 513 g/mol. The van der Waals surface area contributed by atoms with E-state index >= 15 is 0 Å². The zero-order chi connectivity index (χ0) is 25.3. The summed E-state index contributed by atoms with van der Waals surface area (Å²) < 4.78 is 26.1. The first-order chi connectivity index (χ1) is 17.3. The molecule has 2 heterocycles. The Balaban J connectivity index is 1.39. The maximum absolute atomic E-state index is 13.4. The molecular formula is C27H36N4O4S. The van der Waals surface area contributed by atoms with Crippen molar-refractivity contribution in [1.29, 1.82) is 0 Å². The van der Waals surface area contributed by atoms with Crippen molar-refractivity contribution in [3.05, 3.63) is 42.0 Å². The summed E-state index contributed by atoms with van der Waals surface area (Å²) in [6, 6.07) is 9.92. The molecule has 3 N–H and O–H groups in total. The normalized spacial score (nSPS) is 20.3. The second-order valence-electron chi connectivity index (χ2n) is 10.7. The lowest BCUT2D eigenvalue weighted by Crippen LogP contribution is -2.36. The fraction of sp³-hybridized carbons (Fsp3) is 0.556. The number of hydrogen-bond donors (Lipinski definition) is 3. The minimum atomic E-state index is -3.41. The Labute approximate surface area is 213 Å². The van der Waals surface area contributed by atoms with Crippen molar-refractivity contribution in [2.75, 3.05) is 35.2 Å². The molecule has 1 aromatic carbocycles. The molecule has 1 aliphatic heterocycles. The van der Waals surface area contributed by atoms with Crippen LogP contribution in [0.5, 0.6) is 0 Å². The lowest BCUT2D eigenvalue weighted by molar-refractivity contribution is 0.102. The molecule has 2 aliphatic carbocycles. The van der Waals surface area contributed by atoms with Gasteiger partial charge in [-0.3, -0.25) is 4.79 Å². The molecule has 1 saturated heterocycles. The fourth-order valence-corrected chi connectivity index (χ4v) is 7.35. The Bertz CT molecular complexity index is 1210. The van der Waals surface area contributed by atoms with Gasteiger partial charge in [0, 0.05) is 24.8 Å². The first-order valence-electron chi connectivity index (χ1n) is 13.1. The lowest BCUT2D eigenvalue weighted by atomic mass is 9.93. The summed E-state index contributed by atoms with van der Waals surface area (Å²) in [5.41, 5.74) is 1.40. The number of aromatic nitrogens is 1.